The lowest BCUT2D eigenvalue weighted by Gasteiger charge is -2.07. The Morgan fingerprint density at radius 3 is 2.41 bits per heavy atom. The van der Waals surface area contributed by atoms with Crippen LogP contribution in [0.2, 0.25) is 0 Å². The van der Waals surface area contributed by atoms with Crippen LogP contribution in [0.1, 0.15) is 12.6 Å². The van der Waals surface area contributed by atoms with Crippen LogP contribution in [0.4, 0.5) is 19.0 Å². The van der Waals surface area contributed by atoms with Crippen molar-refractivity contribution in [3.63, 3.8) is 0 Å². The van der Waals surface area contributed by atoms with Crippen molar-refractivity contribution in [3.05, 3.63) is 41.3 Å². The van der Waals surface area contributed by atoms with Crippen molar-refractivity contribution in [2.75, 3.05) is 5.73 Å². The van der Waals surface area contributed by atoms with E-state index in [9.17, 15) is 13.2 Å². The van der Waals surface area contributed by atoms with Crippen molar-refractivity contribution in [1.82, 2.24) is 9.78 Å². The Labute approximate surface area is 95.7 Å². The molecular weight excluding hydrogens is 231 g/mol. The first-order valence-electron chi connectivity index (χ1n) is 5.02. The molecule has 2 aromatic rings. The predicted octanol–water partition coefficient (Wildman–Crippen LogP) is 2.43. The SMILES string of the molecule is CCc1cc(N)nn1-c1cc(F)c(F)cc1F. The molecule has 2 rings (SSSR count). The number of benzene rings is 1. The third-order valence-electron chi connectivity index (χ3n) is 2.38. The van der Waals surface area contributed by atoms with Gasteiger partial charge in [-0.1, -0.05) is 6.92 Å². The van der Waals surface area contributed by atoms with Gasteiger partial charge < -0.3 is 5.73 Å². The quantitative estimate of drug-likeness (QED) is 0.820. The molecule has 1 heterocycles. The summed E-state index contributed by atoms with van der Waals surface area (Å²) < 4.78 is 40.6. The Morgan fingerprint density at radius 1 is 1.12 bits per heavy atom. The molecule has 0 aliphatic heterocycles. The van der Waals surface area contributed by atoms with E-state index in [4.69, 9.17) is 5.73 Å². The molecule has 0 aliphatic carbocycles. The van der Waals surface area contributed by atoms with E-state index in [1.54, 1.807) is 6.07 Å². The molecule has 0 fully saturated rings. The molecular formula is C11H10F3N3. The van der Waals surface area contributed by atoms with Crippen molar-refractivity contribution in [3.8, 4) is 5.69 Å². The summed E-state index contributed by atoms with van der Waals surface area (Å²) in [5.74, 6) is -3.05. The minimum atomic E-state index is -1.23. The van der Waals surface area contributed by atoms with E-state index in [1.807, 2.05) is 6.92 Å². The molecule has 0 bridgehead atoms. The molecule has 0 saturated heterocycles. The van der Waals surface area contributed by atoms with E-state index < -0.39 is 17.5 Å². The first-order valence-corrected chi connectivity index (χ1v) is 5.02. The molecule has 0 aliphatic rings. The van der Waals surface area contributed by atoms with Crippen molar-refractivity contribution in [2.24, 2.45) is 0 Å². The Bertz CT molecular complexity index is 563. The fourth-order valence-electron chi connectivity index (χ4n) is 1.58. The van der Waals surface area contributed by atoms with Gasteiger partial charge in [0.05, 0.1) is 0 Å². The van der Waals surface area contributed by atoms with E-state index in [0.29, 0.717) is 18.2 Å². The second-order valence-corrected chi connectivity index (χ2v) is 3.54. The normalized spacial score (nSPS) is 10.8. The average Bonchev–Trinajstić information content (AvgIpc) is 2.64. The van der Waals surface area contributed by atoms with Crippen LogP contribution >= 0.6 is 0 Å². The van der Waals surface area contributed by atoms with Gasteiger partial charge in [0.15, 0.2) is 17.5 Å². The van der Waals surface area contributed by atoms with Gasteiger partial charge in [0.1, 0.15) is 11.5 Å². The van der Waals surface area contributed by atoms with Gasteiger partial charge in [0.25, 0.3) is 0 Å². The fourth-order valence-corrected chi connectivity index (χ4v) is 1.58. The number of aryl methyl sites for hydroxylation is 1. The summed E-state index contributed by atoms with van der Waals surface area (Å²) in [6.45, 7) is 1.82. The summed E-state index contributed by atoms with van der Waals surface area (Å²) in [5.41, 5.74) is 5.95. The second-order valence-electron chi connectivity index (χ2n) is 3.54. The Balaban J connectivity index is 2.63. The van der Waals surface area contributed by atoms with Gasteiger partial charge in [0.2, 0.25) is 0 Å². The van der Waals surface area contributed by atoms with Crippen molar-refractivity contribution >= 4 is 5.82 Å². The number of halogens is 3. The summed E-state index contributed by atoms with van der Waals surface area (Å²) in [4.78, 5) is 0. The Kier molecular flexibility index (Phi) is 2.79. The van der Waals surface area contributed by atoms with Crippen molar-refractivity contribution in [1.29, 1.82) is 0 Å². The molecule has 0 spiro atoms. The Morgan fingerprint density at radius 2 is 1.76 bits per heavy atom. The maximum atomic E-state index is 13.5. The minimum Gasteiger partial charge on any atom is -0.382 e. The van der Waals surface area contributed by atoms with Crippen LogP contribution in [-0.4, -0.2) is 9.78 Å². The molecule has 3 nitrogen and oxygen atoms in total. The highest BCUT2D eigenvalue weighted by molar-refractivity contribution is 5.40. The fraction of sp³-hybridized carbons (Fsp3) is 0.182. The number of aromatic nitrogens is 2. The first-order chi connectivity index (χ1) is 8.02. The average molecular weight is 241 g/mol. The molecule has 2 N–H and O–H groups in total. The molecule has 0 amide bonds. The topological polar surface area (TPSA) is 43.8 Å². The molecule has 1 aromatic carbocycles. The van der Waals surface area contributed by atoms with E-state index in [2.05, 4.69) is 5.10 Å². The van der Waals surface area contributed by atoms with E-state index in [-0.39, 0.29) is 11.5 Å². The second kappa shape index (κ2) is 4.12. The van der Waals surface area contributed by atoms with Gasteiger partial charge in [-0.25, -0.2) is 17.9 Å². The lowest BCUT2D eigenvalue weighted by molar-refractivity contribution is 0.491. The van der Waals surface area contributed by atoms with Crippen LogP contribution in [0.15, 0.2) is 18.2 Å². The van der Waals surface area contributed by atoms with Crippen molar-refractivity contribution in [2.45, 2.75) is 13.3 Å². The number of rotatable bonds is 2. The zero-order chi connectivity index (χ0) is 12.6. The summed E-state index contributed by atoms with van der Waals surface area (Å²) in [7, 11) is 0. The van der Waals surface area contributed by atoms with Gasteiger partial charge in [-0.2, -0.15) is 5.10 Å². The summed E-state index contributed by atoms with van der Waals surface area (Å²) in [6, 6.07) is 2.80. The minimum absolute atomic E-state index is 0.155. The molecule has 0 radical (unpaired) electrons. The molecule has 0 atom stereocenters. The highest BCUT2D eigenvalue weighted by Gasteiger charge is 2.14. The number of nitrogen functional groups attached to an aromatic ring is 1. The molecule has 0 saturated carbocycles. The van der Waals surface area contributed by atoms with Gasteiger partial charge in [-0.05, 0) is 6.42 Å². The zero-order valence-electron chi connectivity index (χ0n) is 9.04. The molecule has 90 valence electrons. The van der Waals surface area contributed by atoms with Gasteiger partial charge in [-0.15, -0.1) is 0 Å². The van der Waals surface area contributed by atoms with Gasteiger partial charge >= 0.3 is 0 Å². The third kappa shape index (κ3) is 1.98. The number of hydrogen-bond donors (Lipinski definition) is 1. The smallest absolute Gasteiger partial charge is 0.161 e. The van der Waals surface area contributed by atoms with E-state index in [1.165, 1.54) is 4.68 Å². The summed E-state index contributed by atoms with van der Waals surface area (Å²) >= 11 is 0. The van der Waals surface area contributed by atoms with Crippen LogP contribution in [-0.2, 0) is 6.42 Å². The maximum absolute atomic E-state index is 13.5. The summed E-state index contributed by atoms with van der Waals surface area (Å²) in [5, 5.41) is 3.85. The standard InChI is InChI=1S/C11H10F3N3/c1-2-6-3-11(15)16-17(6)10-5-8(13)7(12)4-9(10)14/h3-5H,2H2,1H3,(H2,15,16). The summed E-state index contributed by atoms with van der Waals surface area (Å²) in [6.07, 6.45) is 0.544. The molecule has 6 heteroatoms. The third-order valence-corrected chi connectivity index (χ3v) is 2.38. The molecule has 0 unspecified atom stereocenters. The highest BCUT2D eigenvalue weighted by atomic mass is 19.2. The zero-order valence-corrected chi connectivity index (χ0v) is 9.04. The predicted molar refractivity (Wildman–Crippen MR) is 57.2 cm³/mol. The van der Waals surface area contributed by atoms with Crippen LogP contribution in [0.3, 0.4) is 0 Å². The monoisotopic (exact) mass is 241 g/mol. The lowest BCUT2D eigenvalue weighted by atomic mass is 10.2. The van der Waals surface area contributed by atoms with Crippen LogP contribution in [0, 0.1) is 17.5 Å². The Hall–Kier alpha value is -1.98. The molecule has 1 aromatic heterocycles. The van der Waals surface area contributed by atoms with E-state index >= 15 is 0 Å². The number of hydrogen-bond acceptors (Lipinski definition) is 2. The molecule has 17 heavy (non-hydrogen) atoms. The van der Waals surface area contributed by atoms with Crippen LogP contribution in [0.5, 0.6) is 0 Å². The maximum Gasteiger partial charge on any atom is 0.161 e. The number of nitrogens with two attached hydrogens (primary N) is 1. The first kappa shape index (κ1) is 11.5. The largest absolute Gasteiger partial charge is 0.382 e. The van der Waals surface area contributed by atoms with Gasteiger partial charge in [0, 0.05) is 23.9 Å². The highest BCUT2D eigenvalue weighted by Crippen LogP contribution is 2.20. The van der Waals surface area contributed by atoms with Crippen LogP contribution in [0.25, 0.3) is 5.69 Å². The van der Waals surface area contributed by atoms with Crippen molar-refractivity contribution < 1.29 is 13.2 Å². The van der Waals surface area contributed by atoms with Crippen LogP contribution < -0.4 is 5.73 Å². The number of anilines is 1. The van der Waals surface area contributed by atoms with Gasteiger partial charge in [-0.3, -0.25) is 0 Å². The van der Waals surface area contributed by atoms with E-state index in [0.717, 1.165) is 6.07 Å². The number of nitrogens with zero attached hydrogens (tertiary/aromatic N) is 2. The lowest BCUT2D eigenvalue weighted by Crippen LogP contribution is -2.06.